The van der Waals surface area contributed by atoms with Crippen LogP contribution in [0.25, 0.3) is 10.8 Å². The van der Waals surface area contributed by atoms with Gasteiger partial charge in [-0.3, -0.25) is 9.78 Å². The van der Waals surface area contributed by atoms with Crippen molar-refractivity contribution in [2.75, 3.05) is 5.32 Å². The number of pyridine rings is 1. The maximum Gasteiger partial charge on any atom is 0.332 e. The minimum Gasteiger partial charge on any atom is -0.479 e. The average molecular weight is 286 g/mol. The predicted molar refractivity (Wildman–Crippen MR) is 75.9 cm³/mol. The molecule has 1 aliphatic rings. The van der Waals surface area contributed by atoms with Crippen LogP contribution in [0.5, 0.6) is 0 Å². The SMILES string of the molecule is O=C(O)C1CCC(C(=O)Nc2cccc3ccncc23)O1. The molecule has 1 aromatic carbocycles. The molecule has 108 valence electrons. The zero-order chi connectivity index (χ0) is 14.8. The summed E-state index contributed by atoms with van der Waals surface area (Å²) in [4.78, 5) is 27.1. The van der Waals surface area contributed by atoms with Crippen molar-refractivity contribution in [3.8, 4) is 0 Å². The number of hydrogen-bond donors (Lipinski definition) is 2. The van der Waals surface area contributed by atoms with Gasteiger partial charge in [-0.15, -0.1) is 0 Å². The lowest BCUT2D eigenvalue weighted by Crippen LogP contribution is -2.30. The van der Waals surface area contributed by atoms with Gasteiger partial charge in [-0.05, 0) is 30.4 Å². The maximum absolute atomic E-state index is 12.2. The Hall–Kier alpha value is -2.47. The Morgan fingerprint density at radius 1 is 1.24 bits per heavy atom. The number of carboxylic acids is 1. The van der Waals surface area contributed by atoms with Gasteiger partial charge >= 0.3 is 5.97 Å². The molecular formula is C15H14N2O4. The number of nitrogens with zero attached hydrogens (tertiary/aromatic N) is 1. The standard InChI is InChI=1S/C15H14N2O4/c18-14(12-4-5-13(21-12)15(19)20)17-11-3-1-2-9-6-7-16-8-10(9)11/h1-3,6-8,12-13H,4-5H2,(H,17,18)(H,19,20). The van der Waals surface area contributed by atoms with Gasteiger partial charge in [0, 0.05) is 17.8 Å². The summed E-state index contributed by atoms with van der Waals surface area (Å²) in [6.07, 6.45) is 2.51. The van der Waals surface area contributed by atoms with E-state index in [4.69, 9.17) is 9.84 Å². The fourth-order valence-corrected chi connectivity index (χ4v) is 2.45. The average Bonchev–Trinajstić information content (AvgIpc) is 2.98. The molecular weight excluding hydrogens is 272 g/mol. The van der Waals surface area contributed by atoms with Crippen molar-refractivity contribution in [1.29, 1.82) is 0 Å². The molecule has 1 saturated heterocycles. The van der Waals surface area contributed by atoms with Gasteiger partial charge in [0.2, 0.25) is 0 Å². The van der Waals surface area contributed by atoms with E-state index in [1.165, 1.54) is 0 Å². The van der Waals surface area contributed by atoms with Crippen molar-refractivity contribution in [2.45, 2.75) is 25.0 Å². The number of hydrogen-bond acceptors (Lipinski definition) is 4. The number of fused-ring (bicyclic) bond motifs is 1. The van der Waals surface area contributed by atoms with Crippen molar-refractivity contribution in [3.63, 3.8) is 0 Å². The number of aromatic nitrogens is 1. The highest BCUT2D eigenvalue weighted by molar-refractivity contribution is 6.03. The summed E-state index contributed by atoms with van der Waals surface area (Å²) in [5.74, 6) is -1.35. The highest BCUT2D eigenvalue weighted by Crippen LogP contribution is 2.25. The lowest BCUT2D eigenvalue weighted by Gasteiger charge is -2.13. The Bertz CT molecular complexity index is 696. The summed E-state index contributed by atoms with van der Waals surface area (Å²) in [5.41, 5.74) is 0.646. The zero-order valence-electron chi connectivity index (χ0n) is 11.2. The fraction of sp³-hybridized carbons (Fsp3) is 0.267. The summed E-state index contributed by atoms with van der Waals surface area (Å²) in [6, 6.07) is 7.41. The van der Waals surface area contributed by atoms with E-state index in [0.29, 0.717) is 18.5 Å². The van der Waals surface area contributed by atoms with Crippen molar-refractivity contribution >= 4 is 28.3 Å². The first-order valence-corrected chi connectivity index (χ1v) is 6.67. The molecule has 2 unspecified atom stereocenters. The molecule has 0 aliphatic carbocycles. The Kier molecular flexibility index (Phi) is 3.53. The third-order valence-corrected chi connectivity index (χ3v) is 3.53. The second-order valence-electron chi connectivity index (χ2n) is 4.92. The minimum atomic E-state index is -1.03. The summed E-state index contributed by atoms with van der Waals surface area (Å²) < 4.78 is 5.24. The van der Waals surface area contributed by atoms with Crippen LogP contribution >= 0.6 is 0 Å². The van der Waals surface area contributed by atoms with Crippen LogP contribution in [0.2, 0.25) is 0 Å². The number of nitrogens with one attached hydrogen (secondary N) is 1. The van der Waals surface area contributed by atoms with Crippen molar-refractivity contribution in [3.05, 3.63) is 36.7 Å². The van der Waals surface area contributed by atoms with E-state index in [1.807, 2.05) is 18.2 Å². The van der Waals surface area contributed by atoms with Crippen molar-refractivity contribution in [1.82, 2.24) is 4.98 Å². The topological polar surface area (TPSA) is 88.5 Å². The van der Waals surface area contributed by atoms with Crippen LogP contribution in [-0.2, 0) is 14.3 Å². The number of ether oxygens (including phenoxy) is 1. The first kappa shape index (κ1) is 13.5. The van der Waals surface area contributed by atoms with Gasteiger partial charge in [0.1, 0.15) is 6.10 Å². The summed E-state index contributed by atoms with van der Waals surface area (Å²) in [6.45, 7) is 0. The number of aliphatic carboxylic acids is 1. The molecule has 0 saturated carbocycles. The van der Waals surface area contributed by atoms with E-state index in [1.54, 1.807) is 18.5 Å². The van der Waals surface area contributed by atoms with Crippen LogP contribution in [0.15, 0.2) is 36.7 Å². The van der Waals surface area contributed by atoms with E-state index < -0.39 is 18.2 Å². The first-order chi connectivity index (χ1) is 10.1. The molecule has 1 aromatic heterocycles. The number of carbonyl (C=O) groups is 2. The molecule has 2 N–H and O–H groups in total. The van der Waals surface area contributed by atoms with Crippen molar-refractivity contribution < 1.29 is 19.4 Å². The number of carbonyl (C=O) groups excluding carboxylic acids is 1. The van der Waals surface area contributed by atoms with Gasteiger partial charge in [-0.25, -0.2) is 4.79 Å². The van der Waals surface area contributed by atoms with Gasteiger partial charge in [0.05, 0.1) is 5.69 Å². The molecule has 0 radical (unpaired) electrons. The van der Waals surface area contributed by atoms with E-state index in [0.717, 1.165) is 10.8 Å². The highest BCUT2D eigenvalue weighted by atomic mass is 16.5. The first-order valence-electron chi connectivity index (χ1n) is 6.67. The molecule has 2 aromatic rings. The zero-order valence-corrected chi connectivity index (χ0v) is 11.2. The van der Waals surface area contributed by atoms with Crippen LogP contribution in [0, 0.1) is 0 Å². The molecule has 2 heterocycles. The summed E-state index contributed by atoms with van der Waals surface area (Å²) >= 11 is 0. The van der Waals surface area contributed by atoms with E-state index in [2.05, 4.69) is 10.3 Å². The smallest absolute Gasteiger partial charge is 0.332 e. The maximum atomic E-state index is 12.2. The highest BCUT2D eigenvalue weighted by Gasteiger charge is 2.34. The Morgan fingerprint density at radius 3 is 2.81 bits per heavy atom. The van der Waals surface area contributed by atoms with Crippen LogP contribution in [-0.4, -0.2) is 34.2 Å². The molecule has 0 bridgehead atoms. The second-order valence-corrected chi connectivity index (χ2v) is 4.92. The number of anilines is 1. The third-order valence-electron chi connectivity index (χ3n) is 3.53. The minimum absolute atomic E-state index is 0.324. The molecule has 21 heavy (non-hydrogen) atoms. The van der Waals surface area contributed by atoms with Gasteiger partial charge < -0.3 is 15.2 Å². The molecule has 6 nitrogen and oxygen atoms in total. The quantitative estimate of drug-likeness (QED) is 0.898. The van der Waals surface area contributed by atoms with Crippen LogP contribution in [0.3, 0.4) is 0 Å². The van der Waals surface area contributed by atoms with Crippen molar-refractivity contribution in [2.24, 2.45) is 0 Å². The lowest BCUT2D eigenvalue weighted by atomic mass is 10.1. The Balaban J connectivity index is 1.77. The normalized spacial score (nSPS) is 21.3. The number of benzene rings is 1. The Morgan fingerprint density at radius 2 is 2.05 bits per heavy atom. The van der Waals surface area contributed by atoms with Gasteiger partial charge in [-0.2, -0.15) is 0 Å². The lowest BCUT2D eigenvalue weighted by molar-refractivity contribution is -0.150. The summed E-state index contributed by atoms with van der Waals surface area (Å²) in [7, 11) is 0. The monoisotopic (exact) mass is 286 g/mol. The second kappa shape index (κ2) is 5.49. The third kappa shape index (κ3) is 2.71. The fourth-order valence-electron chi connectivity index (χ4n) is 2.45. The number of amides is 1. The summed E-state index contributed by atoms with van der Waals surface area (Å²) in [5, 5.41) is 13.5. The molecule has 6 heteroatoms. The molecule has 0 spiro atoms. The van der Waals surface area contributed by atoms with E-state index in [-0.39, 0.29) is 5.91 Å². The van der Waals surface area contributed by atoms with Crippen LogP contribution in [0.4, 0.5) is 5.69 Å². The van der Waals surface area contributed by atoms with E-state index in [9.17, 15) is 9.59 Å². The van der Waals surface area contributed by atoms with Crippen LogP contribution < -0.4 is 5.32 Å². The molecule has 2 atom stereocenters. The predicted octanol–water partition coefficient (Wildman–Crippen LogP) is 1.81. The van der Waals surface area contributed by atoms with Gasteiger partial charge in [0.25, 0.3) is 5.91 Å². The number of carboxylic acid groups (broad SMARTS) is 1. The largest absolute Gasteiger partial charge is 0.479 e. The Labute approximate surface area is 120 Å². The van der Waals surface area contributed by atoms with Crippen LogP contribution in [0.1, 0.15) is 12.8 Å². The molecule has 1 amide bonds. The molecule has 3 rings (SSSR count). The molecule has 1 fully saturated rings. The van der Waals surface area contributed by atoms with E-state index >= 15 is 0 Å². The number of rotatable bonds is 3. The van der Waals surface area contributed by atoms with Gasteiger partial charge in [-0.1, -0.05) is 12.1 Å². The molecule has 1 aliphatic heterocycles. The van der Waals surface area contributed by atoms with Gasteiger partial charge in [0.15, 0.2) is 6.10 Å².